The number of hydrogen-bond acceptors (Lipinski definition) is 4. The Bertz CT molecular complexity index is 1090. The van der Waals surface area contributed by atoms with E-state index in [9.17, 15) is 18.0 Å². The van der Waals surface area contributed by atoms with Gasteiger partial charge in [0.15, 0.2) is 0 Å². The zero-order valence-corrected chi connectivity index (χ0v) is 16.2. The van der Waals surface area contributed by atoms with Crippen LogP contribution >= 0.6 is 11.6 Å². The van der Waals surface area contributed by atoms with Crippen molar-refractivity contribution in [2.75, 3.05) is 13.2 Å². The maximum absolute atomic E-state index is 13.1. The lowest BCUT2D eigenvalue weighted by molar-refractivity contribution is -0.137. The number of alkyl halides is 3. The van der Waals surface area contributed by atoms with Gasteiger partial charge < -0.3 is 9.64 Å². The van der Waals surface area contributed by atoms with Gasteiger partial charge in [-0.15, -0.1) is 0 Å². The smallest absolute Gasteiger partial charge is 0.416 e. The van der Waals surface area contributed by atoms with Crippen LogP contribution in [0.15, 0.2) is 54.9 Å². The van der Waals surface area contributed by atoms with E-state index in [4.69, 9.17) is 16.3 Å². The molecule has 2 aromatic carbocycles. The van der Waals surface area contributed by atoms with Crippen molar-refractivity contribution in [2.45, 2.75) is 12.7 Å². The maximum atomic E-state index is 13.1. The molecular formula is C21H15ClF3N3O2. The van der Waals surface area contributed by atoms with Gasteiger partial charge in [0, 0.05) is 23.0 Å². The number of nitrogens with zero attached hydrogens (tertiary/aromatic N) is 3. The number of carbonyl (C=O) groups excluding carboxylic acids is 1. The summed E-state index contributed by atoms with van der Waals surface area (Å²) in [4.78, 5) is 23.0. The molecule has 4 rings (SSSR count). The first-order valence-corrected chi connectivity index (χ1v) is 9.40. The van der Waals surface area contributed by atoms with Gasteiger partial charge >= 0.3 is 6.18 Å². The van der Waals surface area contributed by atoms with E-state index in [0.717, 1.165) is 12.1 Å². The molecule has 5 nitrogen and oxygen atoms in total. The average Bonchev–Trinajstić information content (AvgIpc) is 2.87. The van der Waals surface area contributed by atoms with Crippen LogP contribution in [0.1, 0.15) is 21.7 Å². The van der Waals surface area contributed by atoms with Gasteiger partial charge in [-0.2, -0.15) is 13.2 Å². The van der Waals surface area contributed by atoms with Crippen molar-refractivity contribution < 1.29 is 22.7 Å². The topological polar surface area (TPSA) is 55.3 Å². The summed E-state index contributed by atoms with van der Waals surface area (Å²) >= 11 is 6.11. The minimum atomic E-state index is -4.49. The monoisotopic (exact) mass is 433 g/mol. The Labute approximate surface area is 175 Å². The number of benzene rings is 2. The Morgan fingerprint density at radius 2 is 1.83 bits per heavy atom. The fourth-order valence-electron chi connectivity index (χ4n) is 3.19. The zero-order valence-electron chi connectivity index (χ0n) is 15.5. The summed E-state index contributed by atoms with van der Waals surface area (Å²) in [6, 6.07) is 9.69. The van der Waals surface area contributed by atoms with Crippen LogP contribution in [0.5, 0.6) is 5.75 Å². The summed E-state index contributed by atoms with van der Waals surface area (Å²) in [5.41, 5.74) is 0.376. The fourth-order valence-corrected chi connectivity index (χ4v) is 3.48. The molecule has 0 saturated carbocycles. The largest absolute Gasteiger partial charge is 0.491 e. The van der Waals surface area contributed by atoms with E-state index in [1.807, 2.05) is 0 Å². The molecule has 2 heterocycles. The van der Waals surface area contributed by atoms with Crippen LogP contribution in [-0.2, 0) is 12.7 Å². The lowest BCUT2D eigenvalue weighted by Crippen LogP contribution is -2.32. The Balaban J connectivity index is 1.67. The normalized spacial score (nSPS) is 14.1. The molecule has 0 bridgehead atoms. The maximum Gasteiger partial charge on any atom is 0.416 e. The first-order chi connectivity index (χ1) is 14.3. The molecular weight excluding hydrogens is 419 g/mol. The first kappa shape index (κ1) is 20.2. The fraction of sp³-hybridized carbons (Fsp3) is 0.190. The van der Waals surface area contributed by atoms with Crippen LogP contribution in [0.2, 0.25) is 5.02 Å². The SMILES string of the molecule is O=C1c2cc(-c3ccc(C(F)(F)F)cc3Cl)ccc2OCCN1Cc1ncccn1. The number of ether oxygens (including phenoxy) is 1. The Hall–Kier alpha value is -3.13. The van der Waals surface area contributed by atoms with Crippen molar-refractivity contribution >= 4 is 17.5 Å². The third-order valence-electron chi connectivity index (χ3n) is 4.67. The van der Waals surface area contributed by atoms with Gasteiger partial charge in [-0.1, -0.05) is 23.7 Å². The lowest BCUT2D eigenvalue weighted by atomic mass is 10.00. The third-order valence-corrected chi connectivity index (χ3v) is 4.99. The van der Waals surface area contributed by atoms with E-state index >= 15 is 0 Å². The highest BCUT2D eigenvalue weighted by Crippen LogP contribution is 2.37. The summed E-state index contributed by atoms with van der Waals surface area (Å²) in [5, 5.41) is -0.0543. The van der Waals surface area contributed by atoms with Crippen molar-refractivity contribution in [3.8, 4) is 16.9 Å². The first-order valence-electron chi connectivity index (χ1n) is 9.02. The third kappa shape index (κ3) is 4.09. The highest BCUT2D eigenvalue weighted by Gasteiger charge is 2.31. The number of aromatic nitrogens is 2. The van der Waals surface area contributed by atoms with Gasteiger partial charge in [0.05, 0.1) is 24.2 Å². The molecule has 0 atom stereocenters. The Morgan fingerprint density at radius 3 is 2.53 bits per heavy atom. The number of amides is 1. The molecule has 0 N–H and O–H groups in total. The molecule has 1 amide bonds. The van der Waals surface area contributed by atoms with Crippen LogP contribution in [0.3, 0.4) is 0 Å². The van der Waals surface area contributed by atoms with E-state index in [1.54, 1.807) is 41.6 Å². The van der Waals surface area contributed by atoms with Crippen LogP contribution in [0.4, 0.5) is 13.2 Å². The quantitative estimate of drug-likeness (QED) is 0.592. The number of hydrogen-bond donors (Lipinski definition) is 0. The van der Waals surface area contributed by atoms with Crippen LogP contribution in [-0.4, -0.2) is 33.9 Å². The summed E-state index contributed by atoms with van der Waals surface area (Å²) < 4.78 is 44.4. The van der Waals surface area contributed by atoms with Crippen molar-refractivity contribution in [1.29, 1.82) is 0 Å². The van der Waals surface area contributed by atoms with Crippen molar-refractivity contribution in [2.24, 2.45) is 0 Å². The Kier molecular flexibility index (Phi) is 5.34. The van der Waals surface area contributed by atoms with Gasteiger partial charge in [0.1, 0.15) is 18.2 Å². The van der Waals surface area contributed by atoms with Gasteiger partial charge in [0.2, 0.25) is 0 Å². The van der Waals surface area contributed by atoms with Gasteiger partial charge in [-0.25, -0.2) is 9.97 Å². The molecule has 0 aliphatic carbocycles. The predicted molar refractivity (Wildman–Crippen MR) is 104 cm³/mol. The van der Waals surface area contributed by atoms with E-state index in [-0.39, 0.29) is 17.5 Å². The van der Waals surface area contributed by atoms with Crippen LogP contribution in [0, 0.1) is 0 Å². The molecule has 1 aromatic heterocycles. The summed E-state index contributed by atoms with van der Waals surface area (Å²) in [6.07, 6.45) is -1.29. The van der Waals surface area contributed by atoms with Gasteiger partial charge in [0.25, 0.3) is 5.91 Å². The average molecular weight is 434 g/mol. The second-order valence-corrected chi connectivity index (χ2v) is 7.05. The highest BCUT2D eigenvalue weighted by atomic mass is 35.5. The number of halogens is 4. The minimum absolute atomic E-state index is 0.0543. The second kappa shape index (κ2) is 7.95. The number of fused-ring (bicyclic) bond motifs is 1. The number of carbonyl (C=O) groups is 1. The highest BCUT2D eigenvalue weighted by molar-refractivity contribution is 6.33. The van der Waals surface area contributed by atoms with Gasteiger partial charge in [-0.3, -0.25) is 4.79 Å². The second-order valence-electron chi connectivity index (χ2n) is 6.64. The molecule has 0 fully saturated rings. The van der Waals surface area contributed by atoms with E-state index in [0.29, 0.717) is 41.4 Å². The van der Waals surface area contributed by atoms with Crippen LogP contribution in [0.25, 0.3) is 11.1 Å². The van der Waals surface area contributed by atoms with Crippen molar-refractivity contribution in [3.63, 3.8) is 0 Å². The standard InChI is InChI=1S/C21H15ClF3N3O2/c22-17-11-14(21(23,24)25)3-4-15(17)13-2-5-18-16(10-13)20(29)28(8-9-30-18)12-19-26-6-1-7-27-19/h1-7,10-11H,8-9,12H2. The molecule has 30 heavy (non-hydrogen) atoms. The van der Waals surface area contributed by atoms with E-state index in [2.05, 4.69) is 9.97 Å². The zero-order chi connectivity index (χ0) is 21.3. The molecule has 154 valence electrons. The molecule has 1 aliphatic heterocycles. The van der Waals surface area contributed by atoms with Crippen LogP contribution < -0.4 is 4.74 Å². The Morgan fingerprint density at radius 1 is 1.07 bits per heavy atom. The molecule has 1 aliphatic rings. The predicted octanol–water partition coefficient (Wildman–Crippen LogP) is 4.85. The van der Waals surface area contributed by atoms with E-state index < -0.39 is 11.7 Å². The number of rotatable bonds is 3. The molecule has 0 radical (unpaired) electrons. The molecule has 3 aromatic rings. The van der Waals surface area contributed by atoms with Gasteiger partial charge in [-0.05, 0) is 35.9 Å². The molecule has 0 spiro atoms. The summed E-state index contributed by atoms with van der Waals surface area (Å²) in [7, 11) is 0. The summed E-state index contributed by atoms with van der Waals surface area (Å²) in [5.74, 6) is 0.624. The summed E-state index contributed by atoms with van der Waals surface area (Å²) in [6.45, 7) is 0.863. The molecule has 0 unspecified atom stereocenters. The lowest BCUT2D eigenvalue weighted by Gasteiger charge is -2.19. The molecule has 0 saturated heterocycles. The van der Waals surface area contributed by atoms with E-state index in [1.165, 1.54) is 6.07 Å². The van der Waals surface area contributed by atoms with Crippen molar-refractivity contribution in [1.82, 2.24) is 14.9 Å². The van der Waals surface area contributed by atoms with Crippen molar-refractivity contribution in [3.05, 3.63) is 76.8 Å². The molecule has 9 heteroatoms. The minimum Gasteiger partial charge on any atom is -0.491 e.